The second kappa shape index (κ2) is 5.99. The molecule has 0 aromatic carbocycles. The van der Waals surface area contributed by atoms with E-state index in [1.54, 1.807) is 24.1 Å². The van der Waals surface area contributed by atoms with E-state index in [2.05, 4.69) is 10.1 Å². The Balaban J connectivity index is 2.52. The van der Waals surface area contributed by atoms with Gasteiger partial charge in [0.15, 0.2) is 5.75 Å². The zero-order chi connectivity index (χ0) is 14.9. The van der Waals surface area contributed by atoms with Crippen molar-refractivity contribution < 1.29 is 4.74 Å². The quantitative estimate of drug-likeness (QED) is 0.941. The molecule has 0 saturated carbocycles. The number of halogens is 2. The molecule has 2 aromatic rings. The second-order valence-electron chi connectivity index (χ2n) is 4.63. The van der Waals surface area contributed by atoms with Crippen LogP contribution < -0.4 is 10.5 Å². The summed E-state index contributed by atoms with van der Waals surface area (Å²) >= 11 is 12.0. The third kappa shape index (κ3) is 2.75. The van der Waals surface area contributed by atoms with Crippen molar-refractivity contribution in [1.82, 2.24) is 14.8 Å². The lowest BCUT2D eigenvalue weighted by molar-refractivity contribution is 0.400. The molecule has 0 fully saturated rings. The van der Waals surface area contributed by atoms with Crippen LogP contribution in [0, 0.1) is 0 Å². The molecule has 1 unspecified atom stereocenters. The minimum absolute atomic E-state index is 0.144. The lowest BCUT2D eigenvalue weighted by atomic mass is 10.1. The van der Waals surface area contributed by atoms with Crippen LogP contribution in [0.3, 0.4) is 0 Å². The van der Waals surface area contributed by atoms with Crippen LogP contribution in [-0.2, 0) is 0 Å². The molecule has 2 rings (SSSR count). The van der Waals surface area contributed by atoms with Crippen LogP contribution in [0.1, 0.15) is 37.3 Å². The first-order valence-corrected chi connectivity index (χ1v) is 6.89. The third-order valence-corrected chi connectivity index (χ3v) is 3.44. The molecule has 2 aromatic heterocycles. The minimum Gasteiger partial charge on any atom is -0.493 e. The van der Waals surface area contributed by atoms with Crippen LogP contribution in [0.15, 0.2) is 18.5 Å². The molecule has 0 radical (unpaired) electrons. The van der Waals surface area contributed by atoms with Crippen LogP contribution in [0.2, 0.25) is 10.0 Å². The van der Waals surface area contributed by atoms with E-state index in [4.69, 9.17) is 33.7 Å². The smallest absolute Gasteiger partial charge is 0.161 e. The van der Waals surface area contributed by atoms with Gasteiger partial charge in [0, 0.05) is 12.2 Å². The molecule has 0 spiro atoms. The van der Waals surface area contributed by atoms with Crippen molar-refractivity contribution in [2.24, 2.45) is 5.73 Å². The van der Waals surface area contributed by atoms with E-state index in [-0.39, 0.29) is 6.04 Å². The summed E-state index contributed by atoms with van der Waals surface area (Å²) in [5, 5.41) is 5.18. The Morgan fingerprint density at radius 1 is 1.30 bits per heavy atom. The van der Waals surface area contributed by atoms with E-state index in [9.17, 15) is 0 Å². The molecule has 0 bridgehead atoms. The van der Waals surface area contributed by atoms with Gasteiger partial charge in [-0.25, -0.2) is 0 Å². The summed E-state index contributed by atoms with van der Waals surface area (Å²) in [6.45, 7) is 4.03. The van der Waals surface area contributed by atoms with Crippen molar-refractivity contribution >= 4 is 23.2 Å². The monoisotopic (exact) mass is 314 g/mol. The van der Waals surface area contributed by atoms with Crippen LogP contribution >= 0.6 is 23.2 Å². The lowest BCUT2D eigenvalue weighted by Gasteiger charge is -2.18. The number of aromatic nitrogens is 3. The normalized spacial score (nSPS) is 12.8. The maximum absolute atomic E-state index is 6.30. The van der Waals surface area contributed by atoms with Crippen LogP contribution in [0.4, 0.5) is 0 Å². The molecule has 0 amide bonds. The first-order valence-electron chi connectivity index (χ1n) is 6.13. The Morgan fingerprint density at radius 2 is 2.00 bits per heavy atom. The highest BCUT2D eigenvalue weighted by Crippen LogP contribution is 2.32. The van der Waals surface area contributed by atoms with Gasteiger partial charge in [0.1, 0.15) is 5.69 Å². The van der Waals surface area contributed by atoms with Crippen LogP contribution in [-0.4, -0.2) is 21.9 Å². The average Bonchev–Trinajstić information content (AvgIpc) is 2.81. The third-order valence-electron chi connectivity index (χ3n) is 2.93. The van der Waals surface area contributed by atoms with E-state index in [1.165, 1.54) is 6.20 Å². The molecule has 0 aliphatic heterocycles. The molecule has 2 heterocycles. The number of hydrogen-bond donors (Lipinski definition) is 1. The predicted molar refractivity (Wildman–Crippen MR) is 79.5 cm³/mol. The van der Waals surface area contributed by atoms with E-state index < -0.39 is 6.04 Å². The van der Waals surface area contributed by atoms with Crippen molar-refractivity contribution in [2.45, 2.75) is 25.9 Å². The van der Waals surface area contributed by atoms with Crippen LogP contribution in [0.25, 0.3) is 0 Å². The van der Waals surface area contributed by atoms with E-state index >= 15 is 0 Å². The highest BCUT2D eigenvalue weighted by atomic mass is 35.5. The Hall–Kier alpha value is -1.30. The fourth-order valence-corrected chi connectivity index (χ4v) is 2.50. The molecular weight excluding hydrogens is 299 g/mol. The molecule has 108 valence electrons. The van der Waals surface area contributed by atoms with Gasteiger partial charge in [0.05, 0.1) is 35.1 Å². The molecule has 20 heavy (non-hydrogen) atoms. The van der Waals surface area contributed by atoms with Crippen LogP contribution in [0.5, 0.6) is 5.75 Å². The lowest BCUT2D eigenvalue weighted by Crippen LogP contribution is -2.20. The second-order valence-corrected chi connectivity index (χ2v) is 5.48. The number of hydrogen-bond acceptors (Lipinski definition) is 4. The van der Waals surface area contributed by atoms with Gasteiger partial charge < -0.3 is 10.5 Å². The van der Waals surface area contributed by atoms with E-state index in [0.717, 1.165) is 5.69 Å². The highest BCUT2D eigenvalue weighted by Gasteiger charge is 2.24. The first-order chi connectivity index (χ1) is 9.45. The molecular formula is C13H16Cl2N4O. The zero-order valence-corrected chi connectivity index (χ0v) is 13.0. The van der Waals surface area contributed by atoms with E-state index in [1.807, 2.05) is 13.8 Å². The molecule has 0 aliphatic carbocycles. The van der Waals surface area contributed by atoms with Crippen molar-refractivity contribution in [3.05, 3.63) is 39.9 Å². The van der Waals surface area contributed by atoms with Crippen molar-refractivity contribution in [1.29, 1.82) is 0 Å². The number of nitrogens with zero attached hydrogens (tertiary/aromatic N) is 3. The predicted octanol–water partition coefficient (Wildman–Crippen LogP) is 3.22. The Kier molecular flexibility index (Phi) is 4.52. The summed E-state index contributed by atoms with van der Waals surface area (Å²) < 4.78 is 7.12. The summed E-state index contributed by atoms with van der Waals surface area (Å²) in [7, 11) is 1.58. The maximum Gasteiger partial charge on any atom is 0.161 e. The Bertz CT molecular complexity index is 612. The molecule has 2 N–H and O–H groups in total. The van der Waals surface area contributed by atoms with Crippen molar-refractivity contribution in [3.63, 3.8) is 0 Å². The number of nitrogens with two attached hydrogens (primary N) is 1. The number of rotatable bonds is 4. The Labute approximate surface area is 127 Å². The van der Waals surface area contributed by atoms with Gasteiger partial charge >= 0.3 is 0 Å². The molecule has 7 heteroatoms. The molecule has 5 nitrogen and oxygen atoms in total. The molecule has 1 atom stereocenters. The van der Waals surface area contributed by atoms with Gasteiger partial charge in [-0.3, -0.25) is 9.67 Å². The fraction of sp³-hybridized carbons (Fsp3) is 0.385. The molecule has 0 aliphatic rings. The van der Waals surface area contributed by atoms with Gasteiger partial charge in [-0.15, -0.1) is 0 Å². The van der Waals surface area contributed by atoms with E-state index in [0.29, 0.717) is 21.5 Å². The summed E-state index contributed by atoms with van der Waals surface area (Å²) in [5.74, 6) is 0.610. The topological polar surface area (TPSA) is 66.0 Å². The summed E-state index contributed by atoms with van der Waals surface area (Å²) in [4.78, 5) is 4.22. The number of methoxy groups -OCH3 is 1. The summed E-state index contributed by atoms with van der Waals surface area (Å²) in [5.41, 5.74) is 7.57. The SMILES string of the molecule is COc1cnn(C(C)C)c1C(N)c1ncc(Cl)cc1Cl. The zero-order valence-electron chi connectivity index (χ0n) is 11.5. The van der Waals surface area contributed by atoms with Gasteiger partial charge in [0.25, 0.3) is 0 Å². The standard InChI is InChI=1S/C13H16Cl2N4O/c1-7(2)19-13(10(20-3)6-18-19)11(16)12-9(15)4-8(14)5-17-12/h4-7,11H,16H2,1-3H3. The van der Waals surface area contributed by atoms with Gasteiger partial charge in [-0.1, -0.05) is 23.2 Å². The van der Waals surface area contributed by atoms with Gasteiger partial charge in [-0.2, -0.15) is 5.10 Å². The Morgan fingerprint density at radius 3 is 2.55 bits per heavy atom. The molecule has 0 saturated heterocycles. The number of ether oxygens (including phenoxy) is 1. The minimum atomic E-state index is -0.542. The first kappa shape index (κ1) is 15.1. The highest BCUT2D eigenvalue weighted by molar-refractivity contribution is 6.34. The van der Waals surface area contributed by atoms with Gasteiger partial charge in [0.2, 0.25) is 0 Å². The largest absolute Gasteiger partial charge is 0.493 e. The number of pyridine rings is 1. The van der Waals surface area contributed by atoms with Crippen molar-refractivity contribution in [3.8, 4) is 5.75 Å². The average molecular weight is 315 g/mol. The fourth-order valence-electron chi connectivity index (χ4n) is 2.00. The maximum atomic E-state index is 6.30. The summed E-state index contributed by atoms with van der Waals surface area (Å²) in [6.07, 6.45) is 3.16. The van der Waals surface area contributed by atoms with Crippen molar-refractivity contribution in [2.75, 3.05) is 7.11 Å². The summed E-state index contributed by atoms with van der Waals surface area (Å²) in [6, 6.07) is 1.22. The van der Waals surface area contributed by atoms with Gasteiger partial charge in [-0.05, 0) is 19.9 Å².